The average molecular weight is 409 g/mol. The summed E-state index contributed by atoms with van der Waals surface area (Å²) in [6.07, 6.45) is 0.226. The number of nitrogens with zero attached hydrogens (tertiary/aromatic N) is 2. The Balaban J connectivity index is 1.96. The van der Waals surface area contributed by atoms with Crippen molar-refractivity contribution >= 4 is 56.4 Å². The first kappa shape index (κ1) is 18.8. The highest BCUT2D eigenvalue weighted by Gasteiger charge is 2.12. The summed E-state index contributed by atoms with van der Waals surface area (Å²) in [6, 6.07) is 9.00. The Morgan fingerprint density at radius 1 is 1.19 bits per heavy atom. The molecule has 0 N–H and O–H groups in total. The van der Waals surface area contributed by atoms with E-state index in [-0.39, 0.29) is 18.3 Å². The second-order valence-electron chi connectivity index (χ2n) is 5.42. The standard InChI is InChI=1S/C18H17ClN2O3S2/c1-3-21-13-7-5-11(17(23)24-4-2)9-14(13)26-18(21)20-16(22)10-12-6-8-15(19)25-12/h5-9H,3-4,10H2,1-2H3. The van der Waals surface area contributed by atoms with Gasteiger partial charge in [-0.15, -0.1) is 11.3 Å². The molecule has 2 aromatic heterocycles. The fourth-order valence-electron chi connectivity index (χ4n) is 2.55. The van der Waals surface area contributed by atoms with Gasteiger partial charge >= 0.3 is 5.97 Å². The average Bonchev–Trinajstić information content (AvgIpc) is 3.16. The lowest BCUT2D eigenvalue weighted by molar-refractivity contribution is -0.117. The maximum Gasteiger partial charge on any atom is 0.338 e. The van der Waals surface area contributed by atoms with Gasteiger partial charge < -0.3 is 9.30 Å². The topological polar surface area (TPSA) is 60.7 Å². The predicted octanol–water partition coefficient (Wildman–Crippen LogP) is 4.28. The number of ether oxygens (including phenoxy) is 1. The van der Waals surface area contributed by atoms with E-state index < -0.39 is 0 Å². The molecule has 0 saturated carbocycles. The molecule has 0 saturated heterocycles. The molecule has 136 valence electrons. The smallest absolute Gasteiger partial charge is 0.338 e. The molecule has 3 rings (SSSR count). The van der Waals surface area contributed by atoms with Crippen LogP contribution in [0.5, 0.6) is 0 Å². The minimum Gasteiger partial charge on any atom is -0.462 e. The van der Waals surface area contributed by atoms with Gasteiger partial charge in [0.2, 0.25) is 0 Å². The van der Waals surface area contributed by atoms with E-state index in [4.69, 9.17) is 16.3 Å². The molecule has 0 radical (unpaired) electrons. The summed E-state index contributed by atoms with van der Waals surface area (Å²) in [5.74, 6) is -0.571. The van der Waals surface area contributed by atoms with Gasteiger partial charge in [0.25, 0.3) is 5.91 Å². The fourth-order valence-corrected chi connectivity index (χ4v) is 4.78. The Labute approximate surface area is 163 Å². The first-order valence-electron chi connectivity index (χ1n) is 8.14. The fraction of sp³-hybridized carbons (Fsp3) is 0.278. The van der Waals surface area contributed by atoms with Gasteiger partial charge in [0.05, 0.1) is 33.1 Å². The van der Waals surface area contributed by atoms with Gasteiger partial charge in [0, 0.05) is 11.4 Å². The van der Waals surface area contributed by atoms with E-state index >= 15 is 0 Å². The van der Waals surface area contributed by atoms with Crippen LogP contribution in [0, 0.1) is 0 Å². The molecule has 0 atom stereocenters. The molecule has 0 unspecified atom stereocenters. The number of thiazole rings is 1. The highest BCUT2D eigenvalue weighted by molar-refractivity contribution is 7.16. The number of thiophene rings is 1. The van der Waals surface area contributed by atoms with Crippen LogP contribution < -0.4 is 4.80 Å². The lowest BCUT2D eigenvalue weighted by atomic mass is 10.2. The van der Waals surface area contributed by atoms with Gasteiger partial charge in [-0.25, -0.2) is 4.79 Å². The number of carbonyl (C=O) groups is 2. The molecule has 1 amide bonds. The number of aryl methyl sites for hydroxylation is 1. The first-order valence-corrected chi connectivity index (χ1v) is 10.1. The summed E-state index contributed by atoms with van der Waals surface area (Å²) in [5, 5.41) is 0. The molecule has 5 nitrogen and oxygen atoms in total. The molecule has 26 heavy (non-hydrogen) atoms. The zero-order valence-corrected chi connectivity index (χ0v) is 16.7. The summed E-state index contributed by atoms with van der Waals surface area (Å²) >= 11 is 8.67. The molecule has 2 heterocycles. The molecule has 1 aromatic carbocycles. The number of hydrogen-bond acceptors (Lipinski definition) is 5. The molecule has 3 aromatic rings. The van der Waals surface area contributed by atoms with E-state index in [1.165, 1.54) is 22.7 Å². The molecule has 8 heteroatoms. The van der Waals surface area contributed by atoms with Crippen molar-refractivity contribution < 1.29 is 14.3 Å². The van der Waals surface area contributed by atoms with Crippen LogP contribution in [-0.4, -0.2) is 23.1 Å². The van der Waals surface area contributed by atoms with E-state index in [2.05, 4.69) is 4.99 Å². The van der Waals surface area contributed by atoms with Crippen LogP contribution in [0.25, 0.3) is 10.2 Å². The summed E-state index contributed by atoms with van der Waals surface area (Å²) in [4.78, 5) is 30.0. The Bertz CT molecular complexity index is 1030. The van der Waals surface area contributed by atoms with E-state index in [9.17, 15) is 9.59 Å². The molecule has 0 bridgehead atoms. The van der Waals surface area contributed by atoms with Crippen molar-refractivity contribution in [3.05, 3.63) is 49.9 Å². The summed E-state index contributed by atoms with van der Waals surface area (Å²) in [6.45, 7) is 4.78. The molecular formula is C18H17ClN2O3S2. The van der Waals surface area contributed by atoms with Crippen LogP contribution >= 0.6 is 34.3 Å². The van der Waals surface area contributed by atoms with Crippen LogP contribution in [0.4, 0.5) is 0 Å². The Hall–Kier alpha value is -1.96. The molecule has 0 aliphatic rings. The number of hydrogen-bond donors (Lipinski definition) is 0. The number of rotatable bonds is 5. The van der Waals surface area contributed by atoms with Crippen molar-refractivity contribution in [2.24, 2.45) is 4.99 Å². The van der Waals surface area contributed by atoms with Crippen molar-refractivity contribution in [3.63, 3.8) is 0 Å². The zero-order chi connectivity index (χ0) is 18.7. The Morgan fingerprint density at radius 2 is 2.00 bits per heavy atom. The predicted molar refractivity (Wildman–Crippen MR) is 105 cm³/mol. The first-order chi connectivity index (χ1) is 12.5. The van der Waals surface area contributed by atoms with Gasteiger partial charge in [-0.3, -0.25) is 4.79 Å². The summed E-state index contributed by atoms with van der Waals surface area (Å²) in [7, 11) is 0. The van der Waals surface area contributed by atoms with Crippen molar-refractivity contribution in [2.45, 2.75) is 26.8 Å². The number of halogens is 1. The van der Waals surface area contributed by atoms with Crippen LogP contribution in [0.3, 0.4) is 0 Å². The highest BCUT2D eigenvalue weighted by atomic mass is 35.5. The number of aromatic nitrogens is 1. The van der Waals surface area contributed by atoms with E-state index in [1.807, 2.05) is 23.6 Å². The van der Waals surface area contributed by atoms with Crippen molar-refractivity contribution in [3.8, 4) is 0 Å². The maximum absolute atomic E-state index is 12.3. The van der Waals surface area contributed by atoms with Crippen LogP contribution in [0.15, 0.2) is 35.3 Å². The van der Waals surface area contributed by atoms with E-state index in [0.29, 0.717) is 27.9 Å². The molecule has 0 spiro atoms. The molecule has 0 aliphatic heterocycles. The minimum absolute atomic E-state index is 0.220. The molecular weight excluding hydrogens is 392 g/mol. The largest absolute Gasteiger partial charge is 0.462 e. The van der Waals surface area contributed by atoms with E-state index in [0.717, 1.165) is 15.1 Å². The van der Waals surface area contributed by atoms with Crippen LogP contribution in [0.1, 0.15) is 29.1 Å². The van der Waals surface area contributed by atoms with Crippen molar-refractivity contribution in [1.82, 2.24) is 4.57 Å². The third kappa shape index (κ3) is 4.06. The minimum atomic E-state index is -0.352. The maximum atomic E-state index is 12.3. The number of amides is 1. The zero-order valence-electron chi connectivity index (χ0n) is 14.3. The number of fused-ring (bicyclic) bond motifs is 1. The molecule has 0 fully saturated rings. The number of carbonyl (C=O) groups excluding carboxylic acids is 2. The van der Waals surface area contributed by atoms with Crippen LogP contribution in [-0.2, 0) is 22.5 Å². The Morgan fingerprint density at radius 3 is 2.65 bits per heavy atom. The number of benzene rings is 1. The number of esters is 1. The quantitative estimate of drug-likeness (QED) is 0.592. The lowest BCUT2D eigenvalue weighted by Gasteiger charge is -2.03. The van der Waals surface area contributed by atoms with Crippen molar-refractivity contribution in [2.75, 3.05) is 6.61 Å². The summed E-state index contributed by atoms with van der Waals surface area (Å²) < 4.78 is 8.56. The lowest BCUT2D eigenvalue weighted by Crippen LogP contribution is -2.16. The molecule has 0 aliphatic carbocycles. The third-order valence-electron chi connectivity index (χ3n) is 3.68. The van der Waals surface area contributed by atoms with Crippen LogP contribution in [0.2, 0.25) is 4.34 Å². The van der Waals surface area contributed by atoms with Gasteiger partial charge in [-0.1, -0.05) is 22.9 Å². The van der Waals surface area contributed by atoms with E-state index in [1.54, 1.807) is 25.1 Å². The van der Waals surface area contributed by atoms with Gasteiger partial charge in [0.1, 0.15) is 0 Å². The normalized spacial score (nSPS) is 11.9. The van der Waals surface area contributed by atoms with Crippen molar-refractivity contribution in [1.29, 1.82) is 0 Å². The van der Waals surface area contributed by atoms with Gasteiger partial charge in [-0.05, 0) is 44.2 Å². The second kappa shape index (κ2) is 8.16. The SMILES string of the molecule is CCOC(=O)c1ccc2c(c1)sc(=NC(=O)Cc1ccc(Cl)s1)n2CC. The highest BCUT2D eigenvalue weighted by Crippen LogP contribution is 2.22. The monoisotopic (exact) mass is 408 g/mol. The van der Waals surface area contributed by atoms with Gasteiger partial charge in [0.15, 0.2) is 4.80 Å². The van der Waals surface area contributed by atoms with Gasteiger partial charge in [-0.2, -0.15) is 4.99 Å². The Kier molecular flexibility index (Phi) is 5.90. The summed E-state index contributed by atoms with van der Waals surface area (Å²) in [5.41, 5.74) is 1.44. The third-order valence-corrected chi connectivity index (χ3v) is 5.96. The second-order valence-corrected chi connectivity index (χ2v) is 8.23.